The van der Waals surface area contributed by atoms with Gasteiger partial charge in [-0.3, -0.25) is 4.68 Å². The lowest BCUT2D eigenvalue weighted by Gasteiger charge is -2.32. The monoisotopic (exact) mass is 328 g/mol. The first-order valence-corrected chi connectivity index (χ1v) is 8.38. The number of ether oxygens (including phenoxy) is 1. The van der Waals surface area contributed by atoms with Crippen LogP contribution in [-0.4, -0.2) is 40.9 Å². The predicted molar refractivity (Wildman–Crippen MR) is 91.8 cm³/mol. The molecule has 2 aromatic rings. The van der Waals surface area contributed by atoms with E-state index < -0.39 is 0 Å². The molecule has 6 heteroatoms. The van der Waals surface area contributed by atoms with Crippen molar-refractivity contribution in [2.45, 2.75) is 25.9 Å². The topological polar surface area (TPSA) is 59.4 Å². The number of nitrogens with one attached hydrogen (secondary N) is 1. The second-order valence-electron chi connectivity index (χ2n) is 6.17. The molecule has 1 aliphatic heterocycles. The first-order valence-electron chi connectivity index (χ1n) is 8.38. The van der Waals surface area contributed by atoms with Gasteiger partial charge in [0.1, 0.15) is 5.75 Å². The highest BCUT2D eigenvalue weighted by Crippen LogP contribution is 2.19. The summed E-state index contributed by atoms with van der Waals surface area (Å²) in [5, 5.41) is 7.25. The van der Waals surface area contributed by atoms with Gasteiger partial charge < -0.3 is 15.0 Å². The van der Waals surface area contributed by atoms with Crippen molar-refractivity contribution in [1.29, 1.82) is 0 Å². The molecular formula is C18H24N4O2. The SMILES string of the molecule is COc1ccc(CNC(=O)N2CCC(Cn3cccn3)CC2)cc1. The Morgan fingerprint density at radius 2 is 2.04 bits per heavy atom. The second-order valence-corrected chi connectivity index (χ2v) is 6.17. The lowest BCUT2D eigenvalue weighted by atomic mass is 9.97. The van der Waals surface area contributed by atoms with Crippen LogP contribution >= 0.6 is 0 Å². The maximum absolute atomic E-state index is 12.3. The summed E-state index contributed by atoms with van der Waals surface area (Å²) in [7, 11) is 1.65. The maximum Gasteiger partial charge on any atom is 0.317 e. The van der Waals surface area contributed by atoms with E-state index in [1.54, 1.807) is 7.11 Å². The number of amides is 2. The van der Waals surface area contributed by atoms with Gasteiger partial charge in [0.2, 0.25) is 0 Å². The van der Waals surface area contributed by atoms with Gasteiger partial charge in [0.05, 0.1) is 7.11 Å². The van der Waals surface area contributed by atoms with E-state index in [4.69, 9.17) is 4.74 Å². The van der Waals surface area contributed by atoms with Gasteiger partial charge in [0.25, 0.3) is 0 Å². The molecule has 3 rings (SSSR count). The number of rotatable bonds is 5. The van der Waals surface area contributed by atoms with E-state index in [9.17, 15) is 4.79 Å². The molecule has 128 valence electrons. The van der Waals surface area contributed by atoms with Crippen molar-refractivity contribution < 1.29 is 9.53 Å². The van der Waals surface area contributed by atoms with Crippen LogP contribution in [0, 0.1) is 5.92 Å². The fourth-order valence-corrected chi connectivity index (χ4v) is 3.02. The Balaban J connectivity index is 1.41. The first-order chi connectivity index (χ1) is 11.7. The molecule has 0 spiro atoms. The highest BCUT2D eigenvalue weighted by Gasteiger charge is 2.22. The number of urea groups is 1. The molecule has 0 atom stereocenters. The standard InChI is InChI=1S/C18H24N4O2/c1-24-17-5-3-15(4-6-17)13-19-18(23)21-11-7-16(8-12-21)14-22-10-2-9-20-22/h2-6,9-10,16H,7-8,11-14H2,1H3,(H,19,23). The molecule has 0 aliphatic carbocycles. The molecule has 1 fully saturated rings. The van der Waals surface area contributed by atoms with Crippen molar-refractivity contribution in [1.82, 2.24) is 20.0 Å². The van der Waals surface area contributed by atoms with Gasteiger partial charge in [-0.1, -0.05) is 12.1 Å². The van der Waals surface area contributed by atoms with Crippen LogP contribution in [-0.2, 0) is 13.1 Å². The van der Waals surface area contributed by atoms with Crippen molar-refractivity contribution in [2.24, 2.45) is 5.92 Å². The Bertz CT molecular complexity index is 632. The number of aromatic nitrogens is 2. The van der Waals surface area contributed by atoms with Crippen LogP contribution in [0.4, 0.5) is 4.79 Å². The summed E-state index contributed by atoms with van der Waals surface area (Å²) in [6.45, 7) is 3.09. The van der Waals surface area contributed by atoms with E-state index in [2.05, 4.69) is 10.4 Å². The molecule has 1 aromatic heterocycles. The summed E-state index contributed by atoms with van der Waals surface area (Å²) in [4.78, 5) is 14.2. The van der Waals surface area contributed by atoms with Gasteiger partial charge >= 0.3 is 6.03 Å². The predicted octanol–water partition coefficient (Wildman–Crippen LogP) is 2.51. The number of hydrogen-bond acceptors (Lipinski definition) is 3. The van der Waals surface area contributed by atoms with E-state index in [1.165, 1.54) is 0 Å². The van der Waals surface area contributed by atoms with E-state index >= 15 is 0 Å². The third kappa shape index (κ3) is 4.28. The Hall–Kier alpha value is -2.50. The van der Waals surface area contributed by atoms with Crippen LogP contribution in [0.2, 0.25) is 0 Å². The number of piperidine rings is 1. The van der Waals surface area contributed by atoms with Crippen LogP contribution < -0.4 is 10.1 Å². The number of hydrogen-bond donors (Lipinski definition) is 1. The number of benzene rings is 1. The Labute approximate surface area is 142 Å². The van der Waals surface area contributed by atoms with Crippen LogP contribution in [0.3, 0.4) is 0 Å². The van der Waals surface area contributed by atoms with Crippen LogP contribution in [0.25, 0.3) is 0 Å². The molecule has 1 saturated heterocycles. The molecule has 0 unspecified atom stereocenters. The average Bonchev–Trinajstić information content (AvgIpc) is 3.14. The summed E-state index contributed by atoms with van der Waals surface area (Å²) in [5.74, 6) is 1.42. The van der Waals surface area contributed by atoms with Gasteiger partial charge in [-0.2, -0.15) is 5.10 Å². The van der Waals surface area contributed by atoms with Crippen molar-refractivity contribution in [3.8, 4) is 5.75 Å². The quantitative estimate of drug-likeness (QED) is 0.917. The minimum Gasteiger partial charge on any atom is -0.497 e. The van der Waals surface area contributed by atoms with Gasteiger partial charge in [-0.25, -0.2) is 4.79 Å². The maximum atomic E-state index is 12.3. The largest absolute Gasteiger partial charge is 0.497 e. The molecule has 0 saturated carbocycles. The van der Waals surface area contributed by atoms with Gasteiger partial charge in [-0.15, -0.1) is 0 Å². The molecular weight excluding hydrogens is 304 g/mol. The van der Waals surface area contributed by atoms with Crippen LogP contribution in [0.1, 0.15) is 18.4 Å². The molecule has 1 aliphatic rings. The zero-order valence-electron chi connectivity index (χ0n) is 14.0. The molecule has 1 N–H and O–H groups in total. The number of carbonyl (C=O) groups excluding carboxylic acids is 1. The van der Waals surface area contributed by atoms with E-state index in [-0.39, 0.29) is 6.03 Å². The number of methoxy groups -OCH3 is 1. The molecule has 0 bridgehead atoms. The minimum absolute atomic E-state index is 0.0170. The lowest BCUT2D eigenvalue weighted by Crippen LogP contribution is -2.44. The minimum atomic E-state index is 0.0170. The normalized spacial score (nSPS) is 15.3. The summed E-state index contributed by atoms with van der Waals surface area (Å²) in [6, 6.07) is 9.71. The summed E-state index contributed by atoms with van der Waals surface area (Å²) < 4.78 is 7.11. The van der Waals surface area contributed by atoms with Crippen molar-refractivity contribution in [3.05, 3.63) is 48.3 Å². The van der Waals surface area contributed by atoms with Crippen LogP contribution in [0.15, 0.2) is 42.7 Å². The smallest absolute Gasteiger partial charge is 0.317 e. The Kier molecular flexibility index (Phi) is 5.36. The fourth-order valence-electron chi connectivity index (χ4n) is 3.02. The third-order valence-corrected chi connectivity index (χ3v) is 4.51. The van der Waals surface area contributed by atoms with Crippen LogP contribution in [0.5, 0.6) is 5.75 Å². The fraction of sp³-hybridized carbons (Fsp3) is 0.444. The van der Waals surface area contributed by atoms with E-state index in [0.29, 0.717) is 12.5 Å². The highest BCUT2D eigenvalue weighted by molar-refractivity contribution is 5.74. The highest BCUT2D eigenvalue weighted by atomic mass is 16.5. The Morgan fingerprint density at radius 3 is 2.67 bits per heavy atom. The van der Waals surface area contributed by atoms with Gasteiger partial charge in [-0.05, 0) is 42.5 Å². The number of carbonyl (C=O) groups is 1. The van der Waals surface area contributed by atoms with Crippen molar-refractivity contribution >= 4 is 6.03 Å². The zero-order valence-corrected chi connectivity index (χ0v) is 14.0. The Morgan fingerprint density at radius 1 is 1.29 bits per heavy atom. The second kappa shape index (κ2) is 7.86. The molecule has 6 nitrogen and oxygen atoms in total. The number of likely N-dealkylation sites (tertiary alicyclic amines) is 1. The van der Waals surface area contributed by atoms with Crippen molar-refractivity contribution in [2.75, 3.05) is 20.2 Å². The molecule has 2 heterocycles. The molecule has 2 amide bonds. The summed E-state index contributed by atoms with van der Waals surface area (Å²) in [6.07, 6.45) is 5.85. The molecule has 0 radical (unpaired) electrons. The van der Waals surface area contributed by atoms with Crippen molar-refractivity contribution in [3.63, 3.8) is 0 Å². The summed E-state index contributed by atoms with van der Waals surface area (Å²) >= 11 is 0. The molecule has 24 heavy (non-hydrogen) atoms. The zero-order chi connectivity index (χ0) is 16.8. The van der Waals surface area contributed by atoms with E-state index in [1.807, 2.05) is 52.3 Å². The van der Waals surface area contributed by atoms with Gasteiger partial charge in [0, 0.05) is 38.6 Å². The van der Waals surface area contributed by atoms with E-state index in [0.717, 1.165) is 43.8 Å². The summed E-state index contributed by atoms with van der Waals surface area (Å²) in [5.41, 5.74) is 1.07. The average molecular weight is 328 g/mol. The lowest BCUT2D eigenvalue weighted by molar-refractivity contribution is 0.164. The third-order valence-electron chi connectivity index (χ3n) is 4.51. The molecule has 1 aromatic carbocycles. The first kappa shape index (κ1) is 16.4. The number of nitrogens with zero attached hydrogens (tertiary/aromatic N) is 3. The van der Waals surface area contributed by atoms with Gasteiger partial charge in [0.15, 0.2) is 0 Å².